The summed E-state index contributed by atoms with van der Waals surface area (Å²) in [6.07, 6.45) is 2.27. The number of benzene rings is 1. The van der Waals surface area contributed by atoms with Gasteiger partial charge in [0.15, 0.2) is 0 Å². The summed E-state index contributed by atoms with van der Waals surface area (Å²) in [4.78, 5) is 12.1. The molecule has 17 heavy (non-hydrogen) atoms. The van der Waals surface area contributed by atoms with E-state index in [-0.39, 0.29) is 11.4 Å². The summed E-state index contributed by atoms with van der Waals surface area (Å²) in [6.45, 7) is 2.45. The highest BCUT2D eigenvalue weighted by molar-refractivity contribution is 6.33. The molecule has 0 aliphatic heterocycles. The highest BCUT2D eigenvalue weighted by Crippen LogP contribution is 2.39. The second-order valence-corrected chi connectivity index (χ2v) is 5.24. The molecule has 92 valence electrons. The molecule has 1 aliphatic carbocycles. The van der Waals surface area contributed by atoms with E-state index < -0.39 is 0 Å². The van der Waals surface area contributed by atoms with Crippen molar-refractivity contribution < 1.29 is 4.79 Å². The van der Waals surface area contributed by atoms with Gasteiger partial charge < -0.3 is 11.1 Å². The Hall–Kier alpha value is -1.06. The van der Waals surface area contributed by atoms with Crippen LogP contribution in [-0.2, 0) is 0 Å². The first-order valence-corrected chi connectivity index (χ1v) is 6.22. The van der Waals surface area contributed by atoms with Gasteiger partial charge in [-0.3, -0.25) is 4.79 Å². The van der Waals surface area contributed by atoms with E-state index in [4.69, 9.17) is 17.3 Å². The molecule has 1 saturated carbocycles. The molecule has 1 fully saturated rings. The van der Waals surface area contributed by atoms with Gasteiger partial charge in [0, 0.05) is 6.54 Å². The lowest BCUT2D eigenvalue weighted by Gasteiger charge is -2.29. The summed E-state index contributed by atoms with van der Waals surface area (Å²) in [7, 11) is 0. The average Bonchev–Trinajstić information content (AvgIpc) is 3.13. The van der Waals surface area contributed by atoms with Crippen LogP contribution in [-0.4, -0.2) is 18.0 Å². The maximum atomic E-state index is 12.1. The average molecular weight is 253 g/mol. The zero-order chi connectivity index (χ0) is 12.5. The van der Waals surface area contributed by atoms with Crippen molar-refractivity contribution >= 4 is 17.5 Å². The molecule has 0 radical (unpaired) electrons. The van der Waals surface area contributed by atoms with Crippen LogP contribution in [0, 0.1) is 5.92 Å². The Balaban J connectivity index is 2.13. The van der Waals surface area contributed by atoms with Crippen molar-refractivity contribution in [3.63, 3.8) is 0 Å². The zero-order valence-electron chi connectivity index (χ0n) is 9.87. The smallest absolute Gasteiger partial charge is 0.253 e. The Morgan fingerprint density at radius 1 is 1.53 bits per heavy atom. The monoisotopic (exact) mass is 252 g/mol. The fraction of sp³-hybridized carbons (Fsp3) is 0.462. The molecule has 3 N–H and O–H groups in total. The number of hydrogen-bond acceptors (Lipinski definition) is 2. The van der Waals surface area contributed by atoms with Crippen LogP contribution in [0.2, 0.25) is 5.02 Å². The predicted octanol–water partition coefficient (Wildman–Crippen LogP) is 2.20. The molecule has 0 spiro atoms. The lowest BCUT2D eigenvalue weighted by atomic mass is 9.95. The molecule has 1 unspecified atom stereocenters. The van der Waals surface area contributed by atoms with Crippen molar-refractivity contribution in [1.29, 1.82) is 0 Å². The van der Waals surface area contributed by atoms with Crippen LogP contribution in [0.5, 0.6) is 0 Å². The van der Waals surface area contributed by atoms with Crippen molar-refractivity contribution in [1.82, 2.24) is 5.32 Å². The SMILES string of the molecule is CC(CN)(NC(=O)c1ccccc1Cl)C1CC1. The summed E-state index contributed by atoms with van der Waals surface area (Å²) in [5.41, 5.74) is 5.96. The molecule has 2 rings (SSSR count). The van der Waals surface area contributed by atoms with Crippen LogP contribution < -0.4 is 11.1 Å². The summed E-state index contributed by atoms with van der Waals surface area (Å²) < 4.78 is 0. The van der Waals surface area contributed by atoms with Gasteiger partial charge in [-0.25, -0.2) is 0 Å². The van der Waals surface area contributed by atoms with Crippen LogP contribution in [0.15, 0.2) is 24.3 Å². The highest BCUT2D eigenvalue weighted by atomic mass is 35.5. The summed E-state index contributed by atoms with van der Waals surface area (Å²) in [5, 5.41) is 3.49. The maximum Gasteiger partial charge on any atom is 0.253 e. The Bertz CT molecular complexity index is 431. The van der Waals surface area contributed by atoms with Gasteiger partial charge in [0.2, 0.25) is 0 Å². The number of nitrogens with one attached hydrogen (secondary N) is 1. The van der Waals surface area contributed by atoms with Crippen LogP contribution in [0.3, 0.4) is 0 Å². The number of hydrogen-bond donors (Lipinski definition) is 2. The quantitative estimate of drug-likeness (QED) is 0.863. The number of rotatable bonds is 4. The van der Waals surface area contributed by atoms with Gasteiger partial charge in [-0.05, 0) is 37.8 Å². The Morgan fingerprint density at radius 2 is 2.18 bits per heavy atom. The van der Waals surface area contributed by atoms with E-state index in [0.717, 1.165) is 12.8 Å². The van der Waals surface area contributed by atoms with Gasteiger partial charge in [-0.15, -0.1) is 0 Å². The highest BCUT2D eigenvalue weighted by Gasteiger charge is 2.41. The second kappa shape index (κ2) is 4.67. The summed E-state index contributed by atoms with van der Waals surface area (Å²) >= 11 is 5.99. The molecule has 0 heterocycles. The van der Waals surface area contributed by atoms with Crippen molar-refractivity contribution in [2.24, 2.45) is 11.7 Å². The molecular weight excluding hydrogens is 236 g/mol. The minimum Gasteiger partial charge on any atom is -0.345 e. The third-order valence-electron chi connectivity index (χ3n) is 3.42. The van der Waals surface area contributed by atoms with Gasteiger partial charge >= 0.3 is 0 Å². The summed E-state index contributed by atoms with van der Waals surface area (Å²) in [6, 6.07) is 7.05. The number of carbonyl (C=O) groups is 1. The fourth-order valence-electron chi connectivity index (χ4n) is 2.01. The van der Waals surface area contributed by atoms with Gasteiger partial charge in [-0.2, -0.15) is 0 Å². The van der Waals surface area contributed by atoms with Crippen molar-refractivity contribution in [2.45, 2.75) is 25.3 Å². The molecule has 3 nitrogen and oxygen atoms in total. The number of amides is 1. The molecule has 1 aromatic carbocycles. The molecule has 1 aliphatic rings. The summed E-state index contributed by atoms with van der Waals surface area (Å²) in [5.74, 6) is 0.356. The van der Waals surface area contributed by atoms with E-state index in [1.165, 1.54) is 0 Å². The Kier molecular flexibility index (Phi) is 3.40. The molecule has 1 aromatic rings. The van der Waals surface area contributed by atoms with E-state index in [1.54, 1.807) is 18.2 Å². The lowest BCUT2D eigenvalue weighted by molar-refractivity contribution is 0.0898. The van der Waals surface area contributed by atoms with Crippen LogP contribution in [0.4, 0.5) is 0 Å². The first-order valence-electron chi connectivity index (χ1n) is 5.84. The molecular formula is C13H17ClN2O. The van der Waals surface area contributed by atoms with Crippen molar-refractivity contribution in [3.05, 3.63) is 34.9 Å². The Labute approximate surface area is 106 Å². The predicted molar refractivity (Wildman–Crippen MR) is 69.1 cm³/mol. The first kappa shape index (κ1) is 12.4. The molecule has 1 atom stereocenters. The molecule has 0 saturated heterocycles. The number of nitrogens with two attached hydrogens (primary N) is 1. The largest absolute Gasteiger partial charge is 0.345 e. The van der Waals surface area contributed by atoms with Gasteiger partial charge in [0.1, 0.15) is 0 Å². The fourth-order valence-corrected chi connectivity index (χ4v) is 2.23. The van der Waals surface area contributed by atoms with E-state index in [2.05, 4.69) is 5.32 Å². The molecule has 0 bridgehead atoms. The molecule has 0 aromatic heterocycles. The zero-order valence-corrected chi connectivity index (χ0v) is 10.6. The first-order chi connectivity index (χ1) is 8.07. The van der Waals surface area contributed by atoms with E-state index in [0.29, 0.717) is 23.0 Å². The third kappa shape index (κ3) is 2.61. The van der Waals surface area contributed by atoms with E-state index in [9.17, 15) is 4.79 Å². The van der Waals surface area contributed by atoms with Crippen molar-refractivity contribution in [3.8, 4) is 0 Å². The van der Waals surface area contributed by atoms with E-state index in [1.807, 2.05) is 13.0 Å². The van der Waals surface area contributed by atoms with Crippen LogP contribution >= 0.6 is 11.6 Å². The topological polar surface area (TPSA) is 55.1 Å². The maximum absolute atomic E-state index is 12.1. The third-order valence-corrected chi connectivity index (χ3v) is 3.75. The lowest BCUT2D eigenvalue weighted by Crippen LogP contribution is -2.53. The van der Waals surface area contributed by atoms with Crippen molar-refractivity contribution in [2.75, 3.05) is 6.54 Å². The second-order valence-electron chi connectivity index (χ2n) is 4.83. The van der Waals surface area contributed by atoms with Gasteiger partial charge in [0.05, 0.1) is 16.1 Å². The van der Waals surface area contributed by atoms with Gasteiger partial charge in [-0.1, -0.05) is 23.7 Å². The van der Waals surface area contributed by atoms with Crippen LogP contribution in [0.1, 0.15) is 30.1 Å². The number of halogens is 1. The Morgan fingerprint density at radius 3 is 2.71 bits per heavy atom. The standard InChI is InChI=1S/C13H17ClN2O/c1-13(8-15,9-6-7-9)16-12(17)10-4-2-3-5-11(10)14/h2-5,9H,6-8,15H2,1H3,(H,16,17). The molecule has 4 heteroatoms. The van der Waals surface area contributed by atoms with Crippen LogP contribution in [0.25, 0.3) is 0 Å². The number of carbonyl (C=O) groups excluding carboxylic acids is 1. The van der Waals surface area contributed by atoms with Gasteiger partial charge in [0.25, 0.3) is 5.91 Å². The minimum atomic E-state index is -0.309. The van der Waals surface area contributed by atoms with E-state index >= 15 is 0 Å². The normalized spacial score (nSPS) is 18.5. The molecule has 1 amide bonds. The minimum absolute atomic E-state index is 0.143.